The van der Waals surface area contributed by atoms with Crippen LogP contribution in [-0.4, -0.2) is 37.3 Å². The predicted octanol–water partition coefficient (Wildman–Crippen LogP) is 3.49. The fourth-order valence-corrected chi connectivity index (χ4v) is 6.32. The summed E-state index contributed by atoms with van der Waals surface area (Å²) in [5.41, 5.74) is 7.64. The van der Waals surface area contributed by atoms with E-state index < -0.39 is 0 Å². The van der Waals surface area contributed by atoms with Crippen LogP contribution < -0.4 is 5.73 Å². The second kappa shape index (κ2) is 6.97. The summed E-state index contributed by atoms with van der Waals surface area (Å²) in [6, 6.07) is 3.03. The topological polar surface area (TPSA) is 43.8 Å². The van der Waals surface area contributed by atoms with E-state index in [0.717, 1.165) is 11.7 Å². The third-order valence-electron chi connectivity index (χ3n) is 4.86. The minimum absolute atomic E-state index is 0.226. The lowest BCUT2D eigenvalue weighted by Gasteiger charge is -2.34. The zero-order valence-electron chi connectivity index (χ0n) is 13.1. The lowest BCUT2D eigenvalue weighted by molar-refractivity contribution is 0.461. The third-order valence-corrected chi connectivity index (χ3v) is 8.43. The molecule has 3 nitrogen and oxygen atoms in total. The summed E-state index contributed by atoms with van der Waals surface area (Å²) in [6.07, 6.45) is 8.36. The Hall–Kier alpha value is -0.130. The maximum Gasteiger partial charge on any atom is 0.0640 e. The summed E-state index contributed by atoms with van der Waals surface area (Å²) in [5.74, 6) is 1.18. The molecule has 0 radical (unpaired) electrons. The molecule has 1 aliphatic heterocycles. The van der Waals surface area contributed by atoms with Crippen molar-refractivity contribution >= 4 is 23.5 Å². The molecule has 4 atom stereocenters. The molecular formula is C16H27N3S2. The fourth-order valence-electron chi connectivity index (χ4n) is 3.26. The zero-order valence-corrected chi connectivity index (χ0v) is 14.7. The molecule has 2 N–H and O–H groups in total. The molecule has 2 heterocycles. The summed E-state index contributed by atoms with van der Waals surface area (Å²) in [4.78, 5) is 0. The van der Waals surface area contributed by atoms with E-state index in [0.29, 0.717) is 16.5 Å². The summed E-state index contributed by atoms with van der Waals surface area (Å²) < 4.78 is 2.18. The molecule has 1 aromatic heterocycles. The standard InChI is InChI=1S/C16H27N3S2/c1-11-12(2)21-16(10-20-11)15(17)9-13-7-8-19(18-13)14-5-3-4-6-14/h7-8,11-12,14-16H,3-6,9-10,17H2,1-2H3. The Balaban J connectivity index is 1.56. The Labute approximate surface area is 136 Å². The second-order valence-electron chi connectivity index (χ2n) is 6.51. The van der Waals surface area contributed by atoms with Crippen molar-refractivity contribution in [3.05, 3.63) is 18.0 Å². The van der Waals surface area contributed by atoms with Crippen LogP contribution in [0.15, 0.2) is 12.3 Å². The van der Waals surface area contributed by atoms with E-state index in [2.05, 4.69) is 54.3 Å². The van der Waals surface area contributed by atoms with Crippen LogP contribution in [0, 0.1) is 0 Å². The van der Waals surface area contributed by atoms with Crippen molar-refractivity contribution in [1.82, 2.24) is 9.78 Å². The van der Waals surface area contributed by atoms with E-state index in [4.69, 9.17) is 10.8 Å². The third kappa shape index (κ3) is 3.80. The second-order valence-corrected chi connectivity index (χ2v) is 9.54. The quantitative estimate of drug-likeness (QED) is 0.920. The van der Waals surface area contributed by atoms with Crippen LogP contribution in [0.5, 0.6) is 0 Å². The molecule has 2 fully saturated rings. The smallest absolute Gasteiger partial charge is 0.0640 e. The van der Waals surface area contributed by atoms with Crippen LogP contribution in [0.25, 0.3) is 0 Å². The van der Waals surface area contributed by atoms with E-state index in [9.17, 15) is 0 Å². The molecule has 21 heavy (non-hydrogen) atoms. The maximum absolute atomic E-state index is 6.47. The van der Waals surface area contributed by atoms with Gasteiger partial charge in [-0.3, -0.25) is 4.68 Å². The van der Waals surface area contributed by atoms with Gasteiger partial charge in [-0.15, -0.1) is 0 Å². The van der Waals surface area contributed by atoms with E-state index in [1.54, 1.807) is 0 Å². The van der Waals surface area contributed by atoms with Gasteiger partial charge in [-0.1, -0.05) is 26.7 Å². The molecular weight excluding hydrogens is 298 g/mol. The number of nitrogens with two attached hydrogens (primary N) is 1. The van der Waals surface area contributed by atoms with Gasteiger partial charge in [0.05, 0.1) is 11.7 Å². The normalized spacial score (nSPS) is 32.4. The Morgan fingerprint density at radius 3 is 2.81 bits per heavy atom. The van der Waals surface area contributed by atoms with E-state index in [-0.39, 0.29) is 6.04 Å². The summed E-state index contributed by atoms with van der Waals surface area (Å²) in [6.45, 7) is 4.66. The molecule has 1 aliphatic carbocycles. The molecule has 0 bridgehead atoms. The van der Waals surface area contributed by atoms with Crippen molar-refractivity contribution in [3.63, 3.8) is 0 Å². The SMILES string of the molecule is CC1SCC(C(N)Cc2ccn(C3CCCC3)n2)SC1C. The molecule has 1 saturated carbocycles. The highest BCUT2D eigenvalue weighted by Crippen LogP contribution is 2.37. The van der Waals surface area contributed by atoms with Crippen molar-refractivity contribution < 1.29 is 0 Å². The van der Waals surface area contributed by atoms with E-state index in [1.165, 1.54) is 37.1 Å². The number of aromatic nitrogens is 2. The fraction of sp³-hybridized carbons (Fsp3) is 0.812. The highest BCUT2D eigenvalue weighted by molar-refractivity contribution is 8.07. The molecule has 5 heteroatoms. The van der Waals surface area contributed by atoms with Crippen LogP contribution >= 0.6 is 23.5 Å². The first-order valence-corrected chi connectivity index (χ1v) is 10.2. The highest BCUT2D eigenvalue weighted by atomic mass is 32.2. The monoisotopic (exact) mass is 325 g/mol. The summed E-state index contributed by atoms with van der Waals surface area (Å²) in [7, 11) is 0. The number of nitrogens with zero attached hydrogens (tertiary/aromatic N) is 2. The molecule has 1 saturated heterocycles. The Bertz CT molecular complexity index is 456. The highest BCUT2D eigenvalue weighted by Gasteiger charge is 2.30. The van der Waals surface area contributed by atoms with Gasteiger partial charge in [0.25, 0.3) is 0 Å². The van der Waals surface area contributed by atoms with Gasteiger partial charge in [-0.05, 0) is 18.9 Å². The van der Waals surface area contributed by atoms with Gasteiger partial charge >= 0.3 is 0 Å². The van der Waals surface area contributed by atoms with Crippen molar-refractivity contribution in [1.29, 1.82) is 0 Å². The minimum atomic E-state index is 0.226. The van der Waals surface area contributed by atoms with Crippen LogP contribution in [0.4, 0.5) is 0 Å². The summed E-state index contributed by atoms with van der Waals surface area (Å²) in [5, 5.41) is 6.80. The van der Waals surface area contributed by atoms with Gasteiger partial charge in [-0.25, -0.2) is 0 Å². The Morgan fingerprint density at radius 2 is 2.10 bits per heavy atom. The number of hydrogen-bond donors (Lipinski definition) is 1. The lowest BCUT2D eigenvalue weighted by Crippen LogP contribution is -2.41. The molecule has 2 aliphatic rings. The van der Waals surface area contributed by atoms with Crippen LogP contribution in [0.3, 0.4) is 0 Å². The van der Waals surface area contributed by atoms with Crippen molar-refractivity contribution in [2.45, 2.75) is 73.8 Å². The van der Waals surface area contributed by atoms with E-state index >= 15 is 0 Å². The summed E-state index contributed by atoms with van der Waals surface area (Å²) >= 11 is 4.15. The zero-order chi connectivity index (χ0) is 14.8. The first-order chi connectivity index (χ1) is 10.1. The van der Waals surface area contributed by atoms with Crippen LogP contribution in [0.1, 0.15) is 51.3 Å². The Kier molecular flexibility index (Phi) is 5.23. The molecule has 4 unspecified atom stereocenters. The number of rotatable bonds is 4. The number of hydrogen-bond acceptors (Lipinski definition) is 4. The van der Waals surface area contributed by atoms with Crippen LogP contribution in [-0.2, 0) is 6.42 Å². The van der Waals surface area contributed by atoms with Crippen molar-refractivity contribution in [2.24, 2.45) is 5.73 Å². The van der Waals surface area contributed by atoms with Gasteiger partial charge in [0, 0.05) is 40.2 Å². The van der Waals surface area contributed by atoms with Gasteiger partial charge in [-0.2, -0.15) is 28.6 Å². The number of thioether (sulfide) groups is 2. The molecule has 3 rings (SSSR count). The average Bonchev–Trinajstić information content (AvgIpc) is 3.12. The van der Waals surface area contributed by atoms with Crippen molar-refractivity contribution in [2.75, 3.05) is 5.75 Å². The van der Waals surface area contributed by atoms with Crippen LogP contribution in [0.2, 0.25) is 0 Å². The first kappa shape index (κ1) is 15.8. The molecule has 0 spiro atoms. The van der Waals surface area contributed by atoms with Gasteiger partial charge in [0.2, 0.25) is 0 Å². The maximum atomic E-state index is 6.47. The van der Waals surface area contributed by atoms with Gasteiger partial charge < -0.3 is 5.73 Å². The van der Waals surface area contributed by atoms with Gasteiger partial charge in [0.1, 0.15) is 0 Å². The van der Waals surface area contributed by atoms with E-state index in [1.807, 2.05) is 0 Å². The van der Waals surface area contributed by atoms with Crippen molar-refractivity contribution in [3.8, 4) is 0 Å². The molecule has 0 aromatic carbocycles. The molecule has 0 amide bonds. The first-order valence-electron chi connectivity index (χ1n) is 8.20. The predicted molar refractivity (Wildman–Crippen MR) is 94.2 cm³/mol. The lowest BCUT2D eigenvalue weighted by atomic mass is 10.1. The minimum Gasteiger partial charge on any atom is -0.326 e. The largest absolute Gasteiger partial charge is 0.326 e. The van der Waals surface area contributed by atoms with Gasteiger partial charge in [0.15, 0.2) is 0 Å². The molecule has 1 aromatic rings. The Morgan fingerprint density at radius 1 is 1.33 bits per heavy atom. The average molecular weight is 326 g/mol. The molecule has 118 valence electrons.